The van der Waals surface area contributed by atoms with E-state index in [1.165, 1.54) is 0 Å². The van der Waals surface area contributed by atoms with E-state index in [-0.39, 0.29) is 18.1 Å². The Balaban J connectivity index is 1.76. The number of ether oxygens (including phenoxy) is 2. The van der Waals surface area contributed by atoms with Gasteiger partial charge in [-0.1, -0.05) is 24.6 Å². The molecule has 2 aliphatic rings. The fourth-order valence-corrected chi connectivity index (χ4v) is 2.57. The summed E-state index contributed by atoms with van der Waals surface area (Å²) in [6, 6.07) is 8.06. The number of para-hydroxylation sites is 1. The lowest BCUT2D eigenvalue weighted by Gasteiger charge is -2.18. The van der Waals surface area contributed by atoms with Gasteiger partial charge in [-0.3, -0.25) is 0 Å². The van der Waals surface area contributed by atoms with Crippen molar-refractivity contribution in [3.8, 4) is 5.75 Å². The second kappa shape index (κ2) is 4.67. The third-order valence-corrected chi connectivity index (χ3v) is 3.63. The minimum atomic E-state index is -0.211. The summed E-state index contributed by atoms with van der Waals surface area (Å²) in [6.07, 6.45) is 3.13. The van der Waals surface area contributed by atoms with E-state index in [4.69, 9.17) is 9.47 Å². The summed E-state index contributed by atoms with van der Waals surface area (Å²) >= 11 is 0. The van der Waals surface area contributed by atoms with E-state index in [2.05, 4.69) is 6.07 Å². The fraction of sp³-hybridized carbons (Fsp3) is 0.571. The molecule has 1 aliphatic carbocycles. The summed E-state index contributed by atoms with van der Waals surface area (Å²) in [5.41, 5.74) is 1.15. The first-order valence-electron chi connectivity index (χ1n) is 6.36. The zero-order valence-electron chi connectivity index (χ0n) is 9.84. The van der Waals surface area contributed by atoms with E-state index < -0.39 is 0 Å². The molecule has 1 N–H and O–H groups in total. The molecular weight excluding hydrogens is 216 g/mol. The number of rotatable bonds is 4. The van der Waals surface area contributed by atoms with Gasteiger partial charge in [-0.05, 0) is 24.5 Å². The topological polar surface area (TPSA) is 42.0 Å². The van der Waals surface area contributed by atoms with Crippen molar-refractivity contribution in [1.82, 2.24) is 0 Å². The van der Waals surface area contributed by atoms with Crippen molar-refractivity contribution in [2.45, 2.75) is 37.4 Å². The van der Waals surface area contributed by atoms with Gasteiger partial charge < -0.3 is 14.6 Å². The molecule has 0 spiro atoms. The van der Waals surface area contributed by atoms with Crippen LogP contribution < -0.4 is 4.74 Å². The SMILES string of the molecule is OC1CCCC1c1ccccc1OCC1CO1. The number of aliphatic hydroxyl groups is 1. The first kappa shape index (κ1) is 11.1. The van der Waals surface area contributed by atoms with Gasteiger partial charge in [0.25, 0.3) is 0 Å². The lowest BCUT2D eigenvalue weighted by molar-refractivity contribution is 0.161. The normalized spacial score (nSPS) is 31.5. The van der Waals surface area contributed by atoms with Crippen LogP contribution in [-0.2, 0) is 4.74 Å². The number of aliphatic hydroxyl groups excluding tert-OH is 1. The van der Waals surface area contributed by atoms with E-state index >= 15 is 0 Å². The Morgan fingerprint density at radius 3 is 2.82 bits per heavy atom. The van der Waals surface area contributed by atoms with Crippen LogP contribution in [0.2, 0.25) is 0 Å². The number of hydrogen-bond acceptors (Lipinski definition) is 3. The number of benzene rings is 1. The van der Waals surface area contributed by atoms with Crippen molar-refractivity contribution in [2.75, 3.05) is 13.2 Å². The third-order valence-electron chi connectivity index (χ3n) is 3.63. The van der Waals surface area contributed by atoms with E-state index in [0.29, 0.717) is 6.61 Å². The summed E-state index contributed by atoms with van der Waals surface area (Å²) in [6.45, 7) is 1.44. The Labute approximate surface area is 101 Å². The van der Waals surface area contributed by atoms with Crippen LogP contribution >= 0.6 is 0 Å². The largest absolute Gasteiger partial charge is 0.490 e. The molecule has 3 nitrogen and oxygen atoms in total. The van der Waals surface area contributed by atoms with Crippen LogP contribution in [0.15, 0.2) is 24.3 Å². The Morgan fingerprint density at radius 1 is 1.29 bits per heavy atom. The van der Waals surface area contributed by atoms with Crippen molar-refractivity contribution in [3.63, 3.8) is 0 Å². The second-order valence-electron chi connectivity index (χ2n) is 4.91. The molecule has 1 aromatic carbocycles. The molecule has 1 saturated carbocycles. The van der Waals surface area contributed by atoms with Crippen LogP contribution in [0.4, 0.5) is 0 Å². The quantitative estimate of drug-likeness (QED) is 0.811. The average Bonchev–Trinajstić information content (AvgIpc) is 3.09. The van der Waals surface area contributed by atoms with Gasteiger partial charge in [0.2, 0.25) is 0 Å². The molecular formula is C14H18O3. The molecule has 2 fully saturated rings. The predicted octanol–water partition coefficient (Wildman–Crippen LogP) is 2.09. The van der Waals surface area contributed by atoms with Crippen molar-refractivity contribution in [3.05, 3.63) is 29.8 Å². The highest BCUT2D eigenvalue weighted by Gasteiger charge is 2.29. The number of epoxide rings is 1. The van der Waals surface area contributed by atoms with Crippen molar-refractivity contribution in [2.24, 2.45) is 0 Å². The maximum atomic E-state index is 9.98. The maximum Gasteiger partial charge on any atom is 0.123 e. The standard InChI is InChI=1S/C14H18O3/c15-13-6-3-5-11(13)12-4-1-2-7-14(12)17-9-10-8-16-10/h1-2,4,7,10-11,13,15H,3,5-6,8-9H2. The van der Waals surface area contributed by atoms with Crippen LogP contribution in [0, 0.1) is 0 Å². The minimum absolute atomic E-state index is 0.211. The van der Waals surface area contributed by atoms with Crippen molar-refractivity contribution in [1.29, 1.82) is 0 Å². The van der Waals surface area contributed by atoms with Gasteiger partial charge >= 0.3 is 0 Å². The lowest BCUT2D eigenvalue weighted by Crippen LogP contribution is -2.13. The molecule has 3 rings (SSSR count). The van der Waals surface area contributed by atoms with Crippen molar-refractivity contribution >= 4 is 0 Å². The molecule has 0 radical (unpaired) electrons. The summed E-state index contributed by atoms with van der Waals surface area (Å²) in [5, 5.41) is 9.98. The average molecular weight is 234 g/mol. The molecule has 1 aliphatic heterocycles. The van der Waals surface area contributed by atoms with Gasteiger partial charge in [-0.2, -0.15) is 0 Å². The van der Waals surface area contributed by atoms with Crippen molar-refractivity contribution < 1.29 is 14.6 Å². The molecule has 92 valence electrons. The minimum Gasteiger partial charge on any atom is -0.490 e. The van der Waals surface area contributed by atoms with Gasteiger partial charge in [0.1, 0.15) is 18.5 Å². The Morgan fingerprint density at radius 2 is 2.12 bits per heavy atom. The summed E-state index contributed by atoms with van der Waals surface area (Å²) < 4.78 is 10.9. The van der Waals surface area contributed by atoms with E-state index in [9.17, 15) is 5.11 Å². The highest BCUT2D eigenvalue weighted by molar-refractivity contribution is 5.37. The Kier molecular flexibility index (Phi) is 3.04. The van der Waals surface area contributed by atoms with Gasteiger partial charge in [-0.25, -0.2) is 0 Å². The molecule has 1 heterocycles. The zero-order valence-corrected chi connectivity index (χ0v) is 9.84. The van der Waals surface area contributed by atoms with Gasteiger partial charge in [0.15, 0.2) is 0 Å². The second-order valence-corrected chi connectivity index (χ2v) is 4.91. The molecule has 3 heteroatoms. The maximum absolute atomic E-state index is 9.98. The molecule has 0 amide bonds. The van der Waals surface area contributed by atoms with E-state index in [1.54, 1.807) is 0 Å². The van der Waals surface area contributed by atoms with E-state index in [1.807, 2.05) is 18.2 Å². The number of hydrogen-bond donors (Lipinski definition) is 1. The molecule has 0 bridgehead atoms. The molecule has 17 heavy (non-hydrogen) atoms. The molecule has 3 unspecified atom stereocenters. The van der Waals surface area contributed by atoms with Crippen LogP contribution in [0.5, 0.6) is 5.75 Å². The van der Waals surface area contributed by atoms with Crippen LogP contribution in [0.1, 0.15) is 30.7 Å². The van der Waals surface area contributed by atoms with E-state index in [0.717, 1.165) is 37.2 Å². The van der Waals surface area contributed by atoms with Gasteiger partial charge in [-0.15, -0.1) is 0 Å². The predicted molar refractivity (Wildman–Crippen MR) is 64.3 cm³/mol. The fourth-order valence-electron chi connectivity index (χ4n) is 2.57. The molecule has 1 saturated heterocycles. The first-order valence-corrected chi connectivity index (χ1v) is 6.36. The Hall–Kier alpha value is -1.06. The lowest BCUT2D eigenvalue weighted by atomic mass is 9.95. The summed E-state index contributed by atoms with van der Waals surface area (Å²) in [7, 11) is 0. The summed E-state index contributed by atoms with van der Waals surface area (Å²) in [5.74, 6) is 1.15. The first-order chi connectivity index (χ1) is 8.34. The smallest absolute Gasteiger partial charge is 0.123 e. The van der Waals surface area contributed by atoms with Crippen LogP contribution in [0.3, 0.4) is 0 Å². The molecule has 3 atom stereocenters. The van der Waals surface area contributed by atoms with Gasteiger partial charge in [0, 0.05) is 5.92 Å². The van der Waals surface area contributed by atoms with Crippen LogP contribution in [0.25, 0.3) is 0 Å². The molecule has 1 aromatic rings. The highest BCUT2D eigenvalue weighted by atomic mass is 16.6. The Bertz CT molecular complexity index is 387. The molecule has 0 aromatic heterocycles. The highest BCUT2D eigenvalue weighted by Crippen LogP contribution is 2.39. The summed E-state index contributed by atoms with van der Waals surface area (Å²) in [4.78, 5) is 0. The third kappa shape index (κ3) is 2.45. The zero-order chi connectivity index (χ0) is 11.7. The van der Waals surface area contributed by atoms with Crippen LogP contribution in [-0.4, -0.2) is 30.5 Å². The van der Waals surface area contributed by atoms with Gasteiger partial charge in [0.05, 0.1) is 12.7 Å². The monoisotopic (exact) mass is 234 g/mol.